The molecule has 0 bridgehead atoms. The molecule has 1 unspecified atom stereocenters. The molecule has 0 fully saturated rings. The third kappa shape index (κ3) is 42.0. The fraction of sp³-hybridized carbons (Fsp3) is 0.940. The molecule has 2 atom stereocenters. The van der Waals surface area contributed by atoms with Gasteiger partial charge in [-0.25, -0.2) is 0 Å². The van der Waals surface area contributed by atoms with Gasteiger partial charge in [-0.15, -0.1) is 0 Å². The van der Waals surface area contributed by atoms with Crippen LogP contribution in [0.5, 0.6) is 0 Å². The minimum absolute atomic E-state index is 0.0640. The van der Waals surface area contributed by atoms with E-state index in [2.05, 4.69) is 27.7 Å². The van der Waals surface area contributed by atoms with Crippen molar-refractivity contribution in [2.24, 2.45) is 5.92 Å². The average Bonchev–Trinajstić information content (AvgIpc) is 3.19. The van der Waals surface area contributed by atoms with Gasteiger partial charge in [0.2, 0.25) is 0 Å². The Hall–Kier alpha value is -1.59. The van der Waals surface area contributed by atoms with E-state index in [1.165, 1.54) is 173 Å². The molecular formula is C50H96O6. The molecule has 0 spiro atoms. The topological polar surface area (TPSA) is 78.9 Å². The molecule has 0 saturated heterocycles. The highest BCUT2D eigenvalue weighted by atomic mass is 16.6. The van der Waals surface area contributed by atoms with Crippen LogP contribution in [0.25, 0.3) is 0 Å². The Balaban J connectivity index is 4.17. The van der Waals surface area contributed by atoms with Crippen molar-refractivity contribution in [1.29, 1.82) is 0 Å². The number of rotatable bonds is 45. The minimum atomic E-state index is -0.759. The average molecular weight is 793 g/mol. The molecule has 0 aliphatic heterocycles. The molecule has 0 N–H and O–H groups in total. The highest BCUT2D eigenvalue weighted by Gasteiger charge is 2.19. The van der Waals surface area contributed by atoms with Crippen LogP contribution in [0.1, 0.15) is 278 Å². The molecule has 0 rings (SSSR count). The monoisotopic (exact) mass is 793 g/mol. The summed E-state index contributed by atoms with van der Waals surface area (Å²) < 4.78 is 16.7. The highest BCUT2D eigenvalue weighted by molar-refractivity contribution is 5.71. The summed E-state index contributed by atoms with van der Waals surface area (Å²) in [6.45, 7) is 8.98. The largest absolute Gasteiger partial charge is 0.462 e. The first kappa shape index (κ1) is 54.4. The minimum Gasteiger partial charge on any atom is -0.462 e. The quantitative estimate of drug-likeness (QED) is 0.0347. The van der Waals surface area contributed by atoms with Gasteiger partial charge < -0.3 is 14.2 Å². The van der Waals surface area contributed by atoms with E-state index in [1.807, 2.05) is 0 Å². The zero-order valence-corrected chi connectivity index (χ0v) is 38.1. The van der Waals surface area contributed by atoms with Gasteiger partial charge in [-0.05, 0) is 25.2 Å². The SMILES string of the molecule is CCCCCCCCCCCCCCCCCCCCCC(=O)OC[C@@H](COC(=O)CCCCCCCCC)OC(=O)CCCCCCCCCCC(C)CC. The predicted molar refractivity (Wildman–Crippen MR) is 238 cm³/mol. The smallest absolute Gasteiger partial charge is 0.306 e. The van der Waals surface area contributed by atoms with Gasteiger partial charge in [0.1, 0.15) is 13.2 Å². The van der Waals surface area contributed by atoms with Gasteiger partial charge in [-0.1, -0.05) is 240 Å². The van der Waals surface area contributed by atoms with Crippen LogP contribution in [0.4, 0.5) is 0 Å². The van der Waals surface area contributed by atoms with Crippen molar-refractivity contribution < 1.29 is 28.6 Å². The summed E-state index contributed by atoms with van der Waals surface area (Å²) in [5, 5.41) is 0. The van der Waals surface area contributed by atoms with E-state index in [1.54, 1.807) is 0 Å². The van der Waals surface area contributed by atoms with Gasteiger partial charge >= 0.3 is 17.9 Å². The lowest BCUT2D eigenvalue weighted by molar-refractivity contribution is -0.167. The number of carbonyl (C=O) groups excluding carboxylic acids is 3. The van der Waals surface area contributed by atoms with Gasteiger partial charge in [-0.2, -0.15) is 0 Å². The molecule has 56 heavy (non-hydrogen) atoms. The van der Waals surface area contributed by atoms with Crippen LogP contribution >= 0.6 is 0 Å². The number of carbonyl (C=O) groups is 3. The molecular weight excluding hydrogens is 697 g/mol. The molecule has 0 radical (unpaired) electrons. The molecule has 0 aromatic rings. The van der Waals surface area contributed by atoms with Crippen LogP contribution in [0, 0.1) is 5.92 Å². The summed E-state index contributed by atoms with van der Waals surface area (Å²) in [6.07, 6.45) is 45.3. The number of hydrogen-bond donors (Lipinski definition) is 0. The zero-order valence-electron chi connectivity index (χ0n) is 38.1. The maximum atomic E-state index is 12.7. The predicted octanol–water partition coefficient (Wildman–Crippen LogP) is 15.9. The fourth-order valence-electron chi connectivity index (χ4n) is 7.48. The number of unbranched alkanes of at least 4 members (excludes halogenated alkanes) is 31. The second-order valence-electron chi connectivity index (χ2n) is 17.3. The van der Waals surface area contributed by atoms with Crippen LogP contribution in [0.2, 0.25) is 0 Å². The van der Waals surface area contributed by atoms with Crippen molar-refractivity contribution in [3.8, 4) is 0 Å². The molecule has 0 aliphatic carbocycles. The van der Waals surface area contributed by atoms with Gasteiger partial charge in [0, 0.05) is 19.3 Å². The molecule has 6 heteroatoms. The number of esters is 3. The summed E-state index contributed by atoms with van der Waals surface area (Å²) in [7, 11) is 0. The molecule has 0 aromatic heterocycles. The van der Waals surface area contributed by atoms with Gasteiger partial charge in [0.05, 0.1) is 0 Å². The third-order valence-corrected chi connectivity index (χ3v) is 11.7. The van der Waals surface area contributed by atoms with Crippen molar-refractivity contribution in [3.63, 3.8) is 0 Å². The number of ether oxygens (including phenoxy) is 3. The van der Waals surface area contributed by atoms with Crippen LogP contribution < -0.4 is 0 Å². The molecule has 0 amide bonds. The Bertz CT molecular complexity index is 843. The van der Waals surface area contributed by atoms with Crippen molar-refractivity contribution >= 4 is 17.9 Å². The maximum Gasteiger partial charge on any atom is 0.306 e. The first-order chi connectivity index (χ1) is 27.4. The van der Waals surface area contributed by atoms with Crippen molar-refractivity contribution in [2.45, 2.75) is 284 Å². The first-order valence-electron chi connectivity index (χ1n) is 24.9. The van der Waals surface area contributed by atoms with Gasteiger partial charge in [0.15, 0.2) is 6.10 Å². The lowest BCUT2D eigenvalue weighted by Crippen LogP contribution is -2.30. The molecule has 0 saturated carbocycles. The fourth-order valence-corrected chi connectivity index (χ4v) is 7.48. The van der Waals surface area contributed by atoms with Crippen molar-refractivity contribution in [1.82, 2.24) is 0 Å². The van der Waals surface area contributed by atoms with E-state index < -0.39 is 6.10 Å². The first-order valence-corrected chi connectivity index (χ1v) is 24.9. The zero-order chi connectivity index (χ0) is 41.0. The van der Waals surface area contributed by atoms with E-state index >= 15 is 0 Å². The molecule has 0 aromatic carbocycles. The normalized spacial score (nSPS) is 12.4. The summed E-state index contributed by atoms with van der Waals surface area (Å²) in [6, 6.07) is 0. The second kappa shape index (κ2) is 44.5. The lowest BCUT2D eigenvalue weighted by atomic mass is 9.99. The Morgan fingerprint density at radius 2 is 0.625 bits per heavy atom. The van der Waals surface area contributed by atoms with Crippen LogP contribution in [-0.4, -0.2) is 37.2 Å². The van der Waals surface area contributed by atoms with Gasteiger partial charge in [0.25, 0.3) is 0 Å². The van der Waals surface area contributed by atoms with E-state index in [9.17, 15) is 14.4 Å². The van der Waals surface area contributed by atoms with E-state index in [4.69, 9.17) is 14.2 Å². The Morgan fingerprint density at radius 3 is 0.929 bits per heavy atom. The summed E-state index contributed by atoms with van der Waals surface area (Å²) in [5.41, 5.74) is 0. The standard InChI is InChI=1S/C50H96O6/c1-5-8-10-12-14-15-16-17-18-19-20-21-22-23-24-25-30-34-38-42-49(52)55-45-47(44-54-48(51)41-37-33-28-13-11-9-6-2)56-50(53)43-39-35-31-27-26-29-32-36-40-46(4)7-3/h46-47H,5-45H2,1-4H3/t46?,47-/m1/s1. The second-order valence-corrected chi connectivity index (χ2v) is 17.3. The van der Waals surface area contributed by atoms with E-state index in [0.29, 0.717) is 19.3 Å². The van der Waals surface area contributed by atoms with Crippen molar-refractivity contribution in [2.75, 3.05) is 13.2 Å². The number of hydrogen-bond acceptors (Lipinski definition) is 6. The van der Waals surface area contributed by atoms with Crippen molar-refractivity contribution in [3.05, 3.63) is 0 Å². The summed E-state index contributed by atoms with van der Waals surface area (Å²) in [5.74, 6) is -0.0122. The van der Waals surface area contributed by atoms with Crippen LogP contribution in [-0.2, 0) is 28.6 Å². The van der Waals surface area contributed by atoms with E-state index in [0.717, 1.165) is 63.7 Å². The summed E-state index contributed by atoms with van der Waals surface area (Å²) >= 11 is 0. The molecule has 0 aliphatic rings. The Labute approximate surface area is 348 Å². The van der Waals surface area contributed by atoms with Crippen LogP contribution in [0.15, 0.2) is 0 Å². The Kier molecular flexibility index (Phi) is 43.2. The summed E-state index contributed by atoms with van der Waals surface area (Å²) in [4.78, 5) is 37.7. The van der Waals surface area contributed by atoms with Crippen LogP contribution in [0.3, 0.4) is 0 Å². The molecule has 6 nitrogen and oxygen atoms in total. The third-order valence-electron chi connectivity index (χ3n) is 11.7. The maximum absolute atomic E-state index is 12.7. The van der Waals surface area contributed by atoms with E-state index in [-0.39, 0.29) is 31.1 Å². The highest BCUT2D eigenvalue weighted by Crippen LogP contribution is 2.17. The molecule has 0 heterocycles. The lowest BCUT2D eigenvalue weighted by Gasteiger charge is -2.18. The Morgan fingerprint density at radius 1 is 0.357 bits per heavy atom. The molecule has 332 valence electrons. The van der Waals surface area contributed by atoms with Gasteiger partial charge in [-0.3, -0.25) is 14.4 Å².